The van der Waals surface area contributed by atoms with E-state index in [1.54, 1.807) is 0 Å². The van der Waals surface area contributed by atoms with E-state index in [0.717, 1.165) is 96.3 Å². The molecule has 464 valence electrons. The maximum absolute atomic E-state index is 13.0. The molecule has 0 aliphatic carbocycles. The van der Waals surface area contributed by atoms with Crippen LogP contribution in [0.4, 0.5) is 0 Å². The van der Waals surface area contributed by atoms with Crippen molar-refractivity contribution in [2.75, 3.05) is 13.2 Å². The van der Waals surface area contributed by atoms with Crippen molar-refractivity contribution in [2.24, 2.45) is 0 Å². The number of allylic oxidation sites excluding steroid dienone is 6. The molecule has 0 saturated heterocycles. The predicted molar refractivity (Wildman–Crippen MR) is 344 cm³/mol. The first-order valence-corrected chi connectivity index (χ1v) is 35.5. The van der Waals surface area contributed by atoms with Crippen LogP contribution in [-0.2, 0) is 28.6 Å². The molecule has 0 aromatic carbocycles. The molecule has 6 heteroatoms. The quantitative estimate of drug-likeness (QED) is 0.0261. The summed E-state index contributed by atoms with van der Waals surface area (Å²) in [5, 5.41) is 0. The molecule has 0 bridgehead atoms. The van der Waals surface area contributed by atoms with Crippen LogP contribution in [0.2, 0.25) is 0 Å². The van der Waals surface area contributed by atoms with Gasteiger partial charge in [0.25, 0.3) is 0 Å². The van der Waals surface area contributed by atoms with E-state index in [1.807, 2.05) is 0 Å². The lowest BCUT2D eigenvalue weighted by Crippen LogP contribution is -2.30. The lowest BCUT2D eigenvalue weighted by atomic mass is 10.0. The van der Waals surface area contributed by atoms with Crippen LogP contribution in [-0.4, -0.2) is 37.2 Å². The van der Waals surface area contributed by atoms with Crippen LogP contribution in [0.5, 0.6) is 0 Å². The first-order chi connectivity index (χ1) is 39.0. The summed E-state index contributed by atoms with van der Waals surface area (Å²) in [4.78, 5) is 38.4. The Labute approximate surface area is 493 Å². The highest BCUT2D eigenvalue weighted by Gasteiger charge is 2.19. The SMILES string of the molecule is CC/C=C\C/C=C\C/C=C\CCCCCCCC(=O)OCC(COC(=O)CCCCCCCCCCCCCCCCCCCCCCCCC)OC(=O)CCCCCCCCCCCCCCCCCCCCCCCCC. The fourth-order valence-electron chi connectivity index (χ4n) is 10.9. The first kappa shape index (κ1) is 76.6. The molecule has 0 aromatic heterocycles. The topological polar surface area (TPSA) is 78.9 Å². The Balaban J connectivity index is 4.26. The normalized spacial score (nSPS) is 12.2. The highest BCUT2D eigenvalue weighted by atomic mass is 16.6. The van der Waals surface area contributed by atoms with Gasteiger partial charge in [0.1, 0.15) is 13.2 Å². The maximum atomic E-state index is 13.0. The molecule has 0 heterocycles. The molecule has 1 unspecified atom stereocenters. The van der Waals surface area contributed by atoms with Crippen molar-refractivity contribution in [3.8, 4) is 0 Å². The fraction of sp³-hybridized carbons (Fsp3) is 0.877. The molecular weight excluding hydrogens is 973 g/mol. The Morgan fingerprint density at radius 1 is 0.266 bits per heavy atom. The smallest absolute Gasteiger partial charge is 0.306 e. The van der Waals surface area contributed by atoms with E-state index < -0.39 is 6.10 Å². The van der Waals surface area contributed by atoms with Crippen molar-refractivity contribution in [3.63, 3.8) is 0 Å². The van der Waals surface area contributed by atoms with Crippen molar-refractivity contribution < 1.29 is 28.6 Å². The third-order valence-electron chi connectivity index (χ3n) is 16.2. The van der Waals surface area contributed by atoms with Gasteiger partial charge in [0.2, 0.25) is 0 Å². The van der Waals surface area contributed by atoms with E-state index in [0.29, 0.717) is 19.3 Å². The first-order valence-electron chi connectivity index (χ1n) is 35.5. The Morgan fingerprint density at radius 2 is 0.494 bits per heavy atom. The summed E-state index contributed by atoms with van der Waals surface area (Å²) in [7, 11) is 0. The minimum absolute atomic E-state index is 0.0718. The lowest BCUT2D eigenvalue weighted by molar-refractivity contribution is -0.167. The summed E-state index contributed by atoms with van der Waals surface area (Å²) in [6.07, 6.45) is 84.7. The van der Waals surface area contributed by atoms with Gasteiger partial charge in [-0.25, -0.2) is 0 Å². The van der Waals surface area contributed by atoms with Crippen LogP contribution >= 0.6 is 0 Å². The number of esters is 3. The highest BCUT2D eigenvalue weighted by molar-refractivity contribution is 5.71. The van der Waals surface area contributed by atoms with Crippen molar-refractivity contribution in [1.29, 1.82) is 0 Å². The second-order valence-corrected chi connectivity index (χ2v) is 24.1. The van der Waals surface area contributed by atoms with Gasteiger partial charge in [-0.15, -0.1) is 0 Å². The molecule has 0 N–H and O–H groups in total. The van der Waals surface area contributed by atoms with Crippen molar-refractivity contribution in [2.45, 2.75) is 399 Å². The number of hydrogen-bond acceptors (Lipinski definition) is 6. The average molecular weight is 1110 g/mol. The second kappa shape index (κ2) is 68.1. The summed E-state index contributed by atoms with van der Waals surface area (Å²) in [6.45, 7) is 6.60. The van der Waals surface area contributed by atoms with E-state index in [4.69, 9.17) is 14.2 Å². The highest BCUT2D eigenvalue weighted by Crippen LogP contribution is 2.19. The summed E-state index contributed by atoms with van der Waals surface area (Å²) >= 11 is 0. The molecule has 79 heavy (non-hydrogen) atoms. The minimum Gasteiger partial charge on any atom is -0.462 e. The van der Waals surface area contributed by atoms with Crippen LogP contribution in [0.25, 0.3) is 0 Å². The van der Waals surface area contributed by atoms with Crippen molar-refractivity contribution in [3.05, 3.63) is 36.5 Å². The molecule has 6 nitrogen and oxygen atoms in total. The van der Waals surface area contributed by atoms with Crippen LogP contribution in [0.3, 0.4) is 0 Å². The molecule has 1 atom stereocenters. The zero-order valence-corrected chi connectivity index (χ0v) is 53.4. The van der Waals surface area contributed by atoms with Gasteiger partial charge in [0.05, 0.1) is 0 Å². The summed E-state index contributed by atoms with van der Waals surface area (Å²) in [5.74, 6) is -0.858. The van der Waals surface area contributed by atoms with Crippen molar-refractivity contribution >= 4 is 17.9 Å². The molecule has 0 saturated carbocycles. The van der Waals surface area contributed by atoms with Gasteiger partial charge in [-0.05, 0) is 51.4 Å². The molecule has 0 amide bonds. The number of carbonyl (C=O) groups is 3. The van der Waals surface area contributed by atoms with Crippen LogP contribution in [0.15, 0.2) is 36.5 Å². The van der Waals surface area contributed by atoms with Crippen molar-refractivity contribution in [1.82, 2.24) is 0 Å². The maximum Gasteiger partial charge on any atom is 0.306 e. The molecule has 0 rings (SSSR count). The van der Waals surface area contributed by atoms with E-state index in [9.17, 15) is 14.4 Å². The standard InChI is InChI=1S/C73H136O6/c1-4-7-10-13-16-19-22-25-28-30-32-34-36-38-40-42-45-48-51-54-57-60-63-66-72(75)78-69-70(68-77-71(74)65-62-59-56-53-50-47-44-27-24-21-18-15-12-9-6-3)79-73(76)67-64-61-58-55-52-49-46-43-41-39-37-35-33-31-29-26-23-20-17-14-11-8-5-2/h9,12,18,21,27,44,70H,4-8,10-11,13-17,19-20,22-26,28-43,45-69H2,1-3H3/b12-9-,21-18-,44-27-. The van der Waals surface area contributed by atoms with E-state index in [2.05, 4.69) is 57.2 Å². The average Bonchev–Trinajstić information content (AvgIpc) is 3.45. The third-order valence-corrected chi connectivity index (χ3v) is 16.2. The van der Waals surface area contributed by atoms with E-state index in [-0.39, 0.29) is 31.1 Å². The molecule has 0 aliphatic rings. The molecular formula is C73H136O6. The Kier molecular flexibility index (Phi) is 66.1. The zero-order valence-electron chi connectivity index (χ0n) is 53.4. The summed E-state index contributed by atoms with van der Waals surface area (Å²) < 4.78 is 17.0. The van der Waals surface area contributed by atoms with Gasteiger partial charge < -0.3 is 14.2 Å². The van der Waals surface area contributed by atoms with Crippen LogP contribution < -0.4 is 0 Å². The van der Waals surface area contributed by atoms with Gasteiger partial charge in [0, 0.05) is 19.3 Å². The molecule has 0 spiro atoms. The Bertz CT molecular complexity index is 1320. The predicted octanol–water partition coefficient (Wildman–Crippen LogP) is 24.3. The number of rotatable bonds is 66. The van der Waals surface area contributed by atoms with Gasteiger partial charge in [-0.1, -0.05) is 359 Å². The molecule has 0 aromatic rings. The monoisotopic (exact) mass is 1110 g/mol. The molecule has 0 aliphatic heterocycles. The number of ether oxygens (including phenoxy) is 3. The fourth-order valence-corrected chi connectivity index (χ4v) is 10.9. The summed E-state index contributed by atoms with van der Waals surface area (Å²) in [5.41, 5.74) is 0. The van der Waals surface area contributed by atoms with Gasteiger partial charge >= 0.3 is 17.9 Å². The third kappa shape index (κ3) is 66.3. The van der Waals surface area contributed by atoms with Gasteiger partial charge in [-0.2, -0.15) is 0 Å². The van der Waals surface area contributed by atoms with Gasteiger partial charge in [0.15, 0.2) is 6.10 Å². The number of hydrogen-bond donors (Lipinski definition) is 0. The van der Waals surface area contributed by atoms with E-state index >= 15 is 0 Å². The van der Waals surface area contributed by atoms with E-state index in [1.165, 1.54) is 257 Å². The molecule has 0 fully saturated rings. The van der Waals surface area contributed by atoms with Crippen LogP contribution in [0.1, 0.15) is 393 Å². The van der Waals surface area contributed by atoms with Gasteiger partial charge in [-0.3, -0.25) is 14.4 Å². The molecule has 0 radical (unpaired) electrons. The second-order valence-electron chi connectivity index (χ2n) is 24.1. The van der Waals surface area contributed by atoms with Crippen LogP contribution in [0, 0.1) is 0 Å². The number of carbonyl (C=O) groups excluding carboxylic acids is 3. The number of unbranched alkanes of at least 4 members (excludes halogenated alkanes) is 49. The zero-order chi connectivity index (χ0) is 57.1. The minimum atomic E-state index is -0.777. The summed E-state index contributed by atoms with van der Waals surface area (Å²) in [6, 6.07) is 0. The lowest BCUT2D eigenvalue weighted by Gasteiger charge is -2.18. The Hall–Kier alpha value is -2.37. The largest absolute Gasteiger partial charge is 0.462 e. The Morgan fingerprint density at radius 3 is 0.772 bits per heavy atom.